The van der Waals surface area contributed by atoms with Crippen molar-refractivity contribution in [3.05, 3.63) is 90.0 Å². The van der Waals surface area contributed by atoms with Crippen molar-refractivity contribution < 1.29 is 18.4 Å². The van der Waals surface area contributed by atoms with Gasteiger partial charge in [0.05, 0.1) is 13.1 Å². The highest BCUT2D eigenvalue weighted by atomic mass is 19.1. The molecule has 2 unspecified atom stereocenters. The molecule has 2 atom stereocenters. The number of carbonyl (C=O) groups excluding carboxylic acids is 2. The van der Waals surface area contributed by atoms with Crippen LogP contribution in [0.1, 0.15) is 92.7 Å². The molecule has 0 saturated heterocycles. The van der Waals surface area contributed by atoms with E-state index in [1.54, 1.807) is 24.4 Å². The van der Waals surface area contributed by atoms with E-state index in [0.29, 0.717) is 51.5 Å². The maximum atomic E-state index is 13.7. The van der Waals surface area contributed by atoms with Gasteiger partial charge in [-0.1, -0.05) is 117 Å². The van der Waals surface area contributed by atoms with Crippen LogP contribution in [0.25, 0.3) is 11.1 Å². The van der Waals surface area contributed by atoms with Gasteiger partial charge in [-0.3, -0.25) is 19.0 Å². The fraction of sp³-hybridized carbons (Fsp3) is 0.513. The van der Waals surface area contributed by atoms with Crippen molar-refractivity contribution in [3.8, 4) is 11.1 Å². The Kier molecular flexibility index (Phi) is 26.6. The van der Waals surface area contributed by atoms with E-state index < -0.39 is 0 Å². The third kappa shape index (κ3) is 19.6. The van der Waals surface area contributed by atoms with Crippen LogP contribution < -0.4 is 16.4 Å². The van der Waals surface area contributed by atoms with E-state index in [-0.39, 0.29) is 35.0 Å². The Hall–Kier alpha value is -3.65. The lowest BCUT2D eigenvalue weighted by atomic mass is 9.91. The molecule has 3 rings (SSSR count). The van der Waals surface area contributed by atoms with Gasteiger partial charge in [0.2, 0.25) is 11.8 Å². The molecule has 0 fully saturated rings. The Bertz CT molecular complexity index is 1210. The topological polar surface area (TPSA) is 97.1 Å². The first-order valence-corrected chi connectivity index (χ1v) is 17.0. The molecular formula is C39H62F2N4O2. The molecule has 0 saturated carbocycles. The zero-order valence-corrected chi connectivity index (χ0v) is 30.6. The number of hydrogen-bond acceptors (Lipinski definition) is 4. The summed E-state index contributed by atoms with van der Waals surface area (Å²) in [4.78, 5) is 29.2. The van der Waals surface area contributed by atoms with Crippen molar-refractivity contribution >= 4 is 11.8 Å². The van der Waals surface area contributed by atoms with Gasteiger partial charge in [0.15, 0.2) is 0 Å². The number of aryl methyl sites for hydroxylation is 1. The Morgan fingerprint density at radius 3 is 2.00 bits per heavy atom. The summed E-state index contributed by atoms with van der Waals surface area (Å²) in [6, 6.07) is 18.4. The summed E-state index contributed by atoms with van der Waals surface area (Å²) in [6.45, 7) is 18.9. The van der Waals surface area contributed by atoms with Gasteiger partial charge in [-0.05, 0) is 59.1 Å². The molecule has 0 aliphatic heterocycles. The molecule has 8 heteroatoms. The lowest BCUT2D eigenvalue weighted by molar-refractivity contribution is -0.125. The summed E-state index contributed by atoms with van der Waals surface area (Å²) < 4.78 is 23.2. The molecule has 6 nitrogen and oxygen atoms in total. The van der Waals surface area contributed by atoms with Crippen molar-refractivity contribution in [2.75, 3.05) is 20.3 Å². The van der Waals surface area contributed by atoms with Gasteiger partial charge in [-0.15, -0.1) is 0 Å². The minimum absolute atomic E-state index is 0.0781. The number of carbonyl (C=O) groups is 2. The number of hydrogen-bond donors (Lipinski definition) is 3. The number of nitrogens with zero attached hydrogens (tertiary/aromatic N) is 1. The molecule has 2 amide bonds. The van der Waals surface area contributed by atoms with Gasteiger partial charge in [-0.2, -0.15) is 0 Å². The predicted octanol–water partition coefficient (Wildman–Crippen LogP) is 8.73. The number of halogens is 2. The van der Waals surface area contributed by atoms with Gasteiger partial charge < -0.3 is 16.4 Å². The van der Waals surface area contributed by atoms with E-state index >= 15 is 0 Å². The molecule has 0 bridgehead atoms. The summed E-state index contributed by atoms with van der Waals surface area (Å²) in [7, 11) is 0.500. The predicted molar refractivity (Wildman–Crippen MR) is 195 cm³/mol. The number of aromatic nitrogens is 1. The summed E-state index contributed by atoms with van der Waals surface area (Å²) in [5.41, 5.74) is 9.88. The Labute approximate surface area is 284 Å². The van der Waals surface area contributed by atoms with Crippen molar-refractivity contribution in [1.82, 2.24) is 15.6 Å². The molecule has 3 aromatic rings. The Balaban J connectivity index is 0. The summed E-state index contributed by atoms with van der Waals surface area (Å²) in [5.74, 6) is -0.784. The fourth-order valence-electron chi connectivity index (χ4n) is 4.13. The number of nitrogens with two attached hydrogens (primary N) is 1. The molecule has 264 valence electrons. The summed E-state index contributed by atoms with van der Waals surface area (Å²) in [5, 5.41) is 5.93. The van der Waals surface area contributed by atoms with E-state index in [9.17, 15) is 18.4 Å². The maximum absolute atomic E-state index is 13.7. The second-order valence-corrected chi connectivity index (χ2v) is 11.4. The number of alkyl halides is 1. The van der Waals surface area contributed by atoms with Gasteiger partial charge in [0, 0.05) is 37.9 Å². The molecule has 2 aromatic carbocycles. The molecular weight excluding hydrogens is 594 g/mol. The minimum atomic E-state index is -0.364. The number of nitrogens with one attached hydrogen (secondary N) is 2. The Morgan fingerprint density at radius 1 is 0.872 bits per heavy atom. The smallest absolute Gasteiger partial charge is 0.224 e. The SMILES string of the molecule is CC.CC.CC(C(=O)NCC(C)(C)CNC(=O)CCCc1ccccc1F)C(N)Cc1ccc(-c2cccnc2)cc1.CCC.CF. The lowest BCUT2D eigenvalue weighted by Gasteiger charge is -2.27. The normalized spacial score (nSPS) is 11.3. The van der Waals surface area contributed by atoms with Crippen LogP contribution in [-0.4, -0.2) is 43.1 Å². The largest absolute Gasteiger partial charge is 0.356 e. The summed E-state index contributed by atoms with van der Waals surface area (Å²) in [6.07, 6.45) is 6.84. The molecule has 0 aliphatic carbocycles. The Morgan fingerprint density at radius 2 is 1.45 bits per heavy atom. The monoisotopic (exact) mass is 656 g/mol. The highest BCUT2D eigenvalue weighted by Crippen LogP contribution is 2.20. The molecule has 0 spiro atoms. The third-order valence-electron chi connectivity index (χ3n) is 6.79. The third-order valence-corrected chi connectivity index (χ3v) is 6.79. The molecule has 47 heavy (non-hydrogen) atoms. The number of pyridine rings is 1. The van der Waals surface area contributed by atoms with Crippen LogP contribution in [-0.2, 0) is 22.4 Å². The van der Waals surface area contributed by atoms with Crippen LogP contribution in [0.5, 0.6) is 0 Å². The van der Waals surface area contributed by atoms with E-state index in [0.717, 1.165) is 16.7 Å². The molecule has 0 aliphatic rings. The van der Waals surface area contributed by atoms with Crippen molar-refractivity contribution in [1.29, 1.82) is 0 Å². The average Bonchev–Trinajstić information content (AvgIpc) is 3.10. The van der Waals surface area contributed by atoms with Crippen LogP contribution in [0.15, 0.2) is 73.1 Å². The second kappa shape index (κ2) is 27.5. The van der Waals surface area contributed by atoms with Crippen LogP contribution >= 0.6 is 0 Å². The van der Waals surface area contributed by atoms with Gasteiger partial charge in [0.1, 0.15) is 5.82 Å². The van der Waals surface area contributed by atoms with E-state index in [2.05, 4.69) is 29.5 Å². The number of amides is 2. The highest BCUT2D eigenvalue weighted by Gasteiger charge is 2.25. The van der Waals surface area contributed by atoms with E-state index in [1.165, 1.54) is 12.5 Å². The summed E-state index contributed by atoms with van der Waals surface area (Å²) >= 11 is 0. The van der Waals surface area contributed by atoms with Crippen LogP contribution in [0, 0.1) is 17.2 Å². The molecule has 1 aromatic heterocycles. The van der Waals surface area contributed by atoms with E-state index in [4.69, 9.17) is 5.73 Å². The van der Waals surface area contributed by atoms with Crippen molar-refractivity contribution in [3.63, 3.8) is 0 Å². The van der Waals surface area contributed by atoms with Crippen LogP contribution in [0.4, 0.5) is 8.78 Å². The molecule has 1 heterocycles. The number of benzene rings is 2. The van der Waals surface area contributed by atoms with Gasteiger partial charge >= 0.3 is 0 Å². The van der Waals surface area contributed by atoms with Crippen LogP contribution in [0.2, 0.25) is 0 Å². The maximum Gasteiger partial charge on any atom is 0.224 e. The average molecular weight is 657 g/mol. The first kappa shape index (κ1) is 45.5. The van der Waals surface area contributed by atoms with Crippen molar-refractivity contribution in [2.45, 2.75) is 100 Å². The first-order valence-electron chi connectivity index (χ1n) is 17.0. The van der Waals surface area contributed by atoms with E-state index in [1.807, 2.05) is 91.1 Å². The van der Waals surface area contributed by atoms with Crippen molar-refractivity contribution in [2.24, 2.45) is 17.1 Å². The molecule has 0 radical (unpaired) electrons. The number of rotatable bonds is 13. The van der Waals surface area contributed by atoms with Gasteiger partial charge in [0.25, 0.3) is 0 Å². The van der Waals surface area contributed by atoms with Gasteiger partial charge in [-0.25, -0.2) is 4.39 Å². The highest BCUT2D eigenvalue weighted by molar-refractivity contribution is 5.79. The van der Waals surface area contributed by atoms with Crippen LogP contribution in [0.3, 0.4) is 0 Å². The quantitative estimate of drug-likeness (QED) is 0.171. The lowest BCUT2D eigenvalue weighted by Crippen LogP contribution is -2.46. The first-order chi connectivity index (χ1) is 22.6. The zero-order valence-electron chi connectivity index (χ0n) is 30.6. The molecule has 4 N–H and O–H groups in total. The fourth-order valence-corrected chi connectivity index (χ4v) is 4.13. The standard InChI is InChI=1S/C31H39FN4O2.C3H8.2C2H6.CH3F/c1-22(28(33)18-23-13-15-24(16-14-23)26-10-7-17-34-19-26)30(38)36-21-31(2,3)20-35-29(37)12-6-9-25-8-4-5-11-27(25)32;1-3-2;3*1-2/h4-5,7-8,10-11,13-17,19,22,28H,6,9,12,18,20-21,33H2,1-3H3,(H,35,37)(H,36,38);3H2,1-2H3;2*1-2H3;1H3. The minimum Gasteiger partial charge on any atom is -0.356 e. The zero-order chi connectivity index (χ0) is 36.3. The second-order valence-electron chi connectivity index (χ2n) is 11.4.